The third-order valence-electron chi connectivity index (χ3n) is 2.97. The lowest BCUT2D eigenvalue weighted by Gasteiger charge is -2.09. The van der Waals surface area contributed by atoms with Gasteiger partial charge in [0.15, 0.2) is 0 Å². The smallest absolute Gasteiger partial charge is 0.251 e. The topological polar surface area (TPSA) is 67.4 Å². The van der Waals surface area contributed by atoms with E-state index in [1.54, 1.807) is 42.5 Å². The van der Waals surface area contributed by atoms with Crippen molar-refractivity contribution in [2.24, 2.45) is 0 Å². The van der Waals surface area contributed by atoms with Crippen LogP contribution in [0.5, 0.6) is 5.75 Å². The fourth-order valence-corrected chi connectivity index (χ4v) is 2.17. The molecule has 0 unspecified atom stereocenters. The molecule has 120 valence electrons. The van der Waals surface area contributed by atoms with Crippen molar-refractivity contribution in [1.82, 2.24) is 5.32 Å². The molecule has 0 aliphatic heterocycles. The molecule has 0 aliphatic carbocycles. The first-order valence-corrected chi connectivity index (χ1v) is 7.43. The Labute approximate surface area is 143 Å². The van der Waals surface area contributed by atoms with Crippen LogP contribution in [0.4, 0.5) is 5.69 Å². The fourth-order valence-electron chi connectivity index (χ4n) is 1.82. The van der Waals surface area contributed by atoms with Crippen LogP contribution in [0.25, 0.3) is 0 Å². The van der Waals surface area contributed by atoms with Gasteiger partial charge in [-0.15, -0.1) is 0 Å². The molecule has 0 radical (unpaired) electrons. The number of halogens is 2. The van der Waals surface area contributed by atoms with Crippen LogP contribution >= 0.6 is 23.2 Å². The first-order chi connectivity index (χ1) is 11.0. The lowest BCUT2D eigenvalue weighted by atomic mass is 10.2. The van der Waals surface area contributed by atoms with Crippen molar-refractivity contribution in [3.05, 3.63) is 58.1 Å². The van der Waals surface area contributed by atoms with Crippen LogP contribution in [0.1, 0.15) is 10.4 Å². The first-order valence-electron chi connectivity index (χ1n) is 6.67. The molecule has 2 amide bonds. The van der Waals surface area contributed by atoms with Crippen LogP contribution in [0.15, 0.2) is 42.5 Å². The molecule has 23 heavy (non-hydrogen) atoms. The molecular formula is C16H14Cl2N2O3. The predicted octanol–water partition coefficient (Wildman–Crippen LogP) is 3.37. The number of amides is 2. The highest BCUT2D eigenvalue weighted by Crippen LogP contribution is 2.29. The van der Waals surface area contributed by atoms with Gasteiger partial charge in [0.25, 0.3) is 5.91 Å². The Morgan fingerprint density at radius 2 is 1.87 bits per heavy atom. The summed E-state index contributed by atoms with van der Waals surface area (Å²) in [5.41, 5.74) is 0.790. The zero-order valence-corrected chi connectivity index (χ0v) is 13.7. The van der Waals surface area contributed by atoms with Crippen molar-refractivity contribution in [2.45, 2.75) is 0 Å². The van der Waals surface area contributed by atoms with Crippen molar-refractivity contribution >= 4 is 40.7 Å². The number of hydrogen-bond donors (Lipinski definition) is 2. The lowest BCUT2D eigenvalue weighted by Crippen LogP contribution is -2.32. The Balaban J connectivity index is 1.93. The molecule has 0 fully saturated rings. The standard InChI is InChI=1S/C16H14Cl2N2O3/c1-23-11-5-2-4-10(8-11)16(22)19-9-14(21)20-13-7-3-6-12(17)15(13)18/h2-8H,9H2,1H3,(H,19,22)(H,20,21). The summed E-state index contributed by atoms with van der Waals surface area (Å²) in [5.74, 6) is -0.227. The maximum Gasteiger partial charge on any atom is 0.251 e. The number of rotatable bonds is 5. The molecule has 0 saturated carbocycles. The molecule has 0 saturated heterocycles. The normalized spacial score (nSPS) is 10.0. The van der Waals surface area contributed by atoms with Gasteiger partial charge >= 0.3 is 0 Å². The maximum absolute atomic E-state index is 12.0. The van der Waals surface area contributed by atoms with E-state index < -0.39 is 5.91 Å². The van der Waals surface area contributed by atoms with Crippen molar-refractivity contribution in [3.63, 3.8) is 0 Å². The Kier molecular flexibility index (Phi) is 5.84. The van der Waals surface area contributed by atoms with Gasteiger partial charge in [0.05, 0.1) is 29.4 Å². The molecular weight excluding hydrogens is 339 g/mol. The highest BCUT2D eigenvalue weighted by atomic mass is 35.5. The number of hydrogen-bond acceptors (Lipinski definition) is 3. The third kappa shape index (κ3) is 4.61. The van der Waals surface area contributed by atoms with Crippen LogP contribution in [0.2, 0.25) is 10.0 Å². The van der Waals surface area contributed by atoms with Gasteiger partial charge in [0.2, 0.25) is 5.91 Å². The molecule has 7 heteroatoms. The van der Waals surface area contributed by atoms with E-state index >= 15 is 0 Å². The van der Waals surface area contributed by atoms with Crippen LogP contribution < -0.4 is 15.4 Å². The lowest BCUT2D eigenvalue weighted by molar-refractivity contribution is -0.115. The quantitative estimate of drug-likeness (QED) is 0.866. The van der Waals surface area contributed by atoms with Gasteiger partial charge in [-0.2, -0.15) is 0 Å². The zero-order chi connectivity index (χ0) is 16.8. The number of anilines is 1. The van der Waals surface area contributed by atoms with E-state index in [2.05, 4.69) is 10.6 Å². The third-order valence-corrected chi connectivity index (χ3v) is 3.79. The molecule has 2 aromatic rings. The monoisotopic (exact) mass is 352 g/mol. The van der Waals surface area contributed by atoms with Gasteiger partial charge in [0, 0.05) is 5.56 Å². The summed E-state index contributed by atoms with van der Waals surface area (Å²) >= 11 is 11.8. The average Bonchev–Trinajstić information content (AvgIpc) is 2.57. The Morgan fingerprint density at radius 3 is 2.61 bits per heavy atom. The number of carbonyl (C=O) groups excluding carboxylic acids is 2. The minimum atomic E-state index is -0.412. The second-order valence-electron chi connectivity index (χ2n) is 4.56. The second-order valence-corrected chi connectivity index (χ2v) is 5.35. The number of benzene rings is 2. The highest BCUT2D eigenvalue weighted by Gasteiger charge is 2.11. The molecule has 5 nitrogen and oxygen atoms in total. The van der Waals surface area contributed by atoms with Gasteiger partial charge < -0.3 is 15.4 Å². The largest absolute Gasteiger partial charge is 0.497 e. The van der Waals surface area contributed by atoms with E-state index in [0.29, 0.717) is 22.0 Å². The summed E-state index contributed by atoms with van der Waals surface area (Å²) in [4.78, 5) is 23.9. The van der Waals surface area contributed by atoms with Gasteiger partial charge in [-0.05, 0) is 30.3 Å². The summed E-state index contributed by atoms with van der Waals surface area (Å²) < 4.78 is 5.05. The van der Waals surface area contributed by atoms with E-state index in [4.69, 9.17) is 27.9 Å². The van der Waals surface area contributed by atoms with E-state index in [-0.39, 0.29) is 17.5 Å². The van der Waals surface area contributed by atoms with Gasteiger partial charge in [-0.1, -0.05) is 35.3 Å². The van der Waals surface area contributed by atoms with Crippen LogP contribution in [-0.4, -0.2) is 25.5 Å². The summed E-state index contributed by atoms with van der Waals surface area (Å²) in [6.07, 6.45) is 0. The van der Waals surface area contributed by atoms with E-state index in [9.17, 15) is 9.59 Å². The molecule has 0 spiro atoms. The minimum Gasteiger partial charge on any atom is -0.497 e. The van der Waals surface area contributed by atoms with Crippen LogP contribution in [-0.2, 0) is 4.79 Å². The average molecular weight is 353 g/mol. The molecule has 2 N–H and O–H groups in total. The fraction of sp³-hybridized carbons (Fsp3) is 0.125. The summed E-state index contributed by atoms with van der Waals surface area (Å²) in [5, 5.41) is 5.70. The van der Waals surface area contributed by atoms with E-state index in [1.807, 2.05) is 0 Å². The minimum absolute atomic E-state index is 0.196. The molecule has 2 aromatic carbocycles. The Bertz CT molecular complexity index is 735. The molecule has 0 bridgehead atoms. The van der Waals surface area contributed by atoms with Crippen molar-refractivity contribution in [3.8, 4) is 5.75 Å². The van der Waals surface area contributed by atoms with E-state index in [0.717, 1.165) is 0 Å². The Hall–Kier alpha value is -2.24. The summed E-state index contributed by atoms with van der Waals surface area (Å²) in [6.45, 7) is -0.196. The SMILES string of the molecule is COc1cccc(C(=O)NCC(=O)Nc2cccc(Cl)c2Cl)c1. The molecule has 0 atom stereocenters. The molecule has 0 aliphatic rings. The van der Waals surface area contributed by atoms with E-state index in [1.165, 1.54) is 7.11 Å². The number of carbonyl (C=O) groups is 2. The van der Waals surface area contributed by atoms with Crippen LogP contribution in [0.3, 0.4) is 0 Å². The van der Waals surface area contributed by atoms with Crippen LogP contribution in [0, 0.1) is 0 Å². The van der Waals surface area contributed by atoms with Crippen molar-refractivity contribution in [2.75, 3.05) is 19.0 Å². The highest BCUT2D eigenvalue weighted by molar-refractivity contribution is 6.44. The number of nitrogens with one attached hydrogen (secondary N) is 2. The molecule has 2 rings (SSSR count). The maximum atomic E-state index is 12.0. The Morgan fingerprint density at radius 1 is 1.13 bits per heavy atom. The predicted molar refractivity (Wildman–Crippen MR) is 90.4 cm³/mol. The second kappa shape index (κ2) is 7.85. The molecule has 0 aromatic heterocycles. The molecule has 0 heterocycles. The summed E-state index contributed by atoms with van der Waals surface area (Å²) in [7, 11) is 1.51. The zero-order valence-electron chi connectivity index (χ0n) is 12.2. The van der Waals surface area contributed by atoms with Gasteiger partial charge in [0.1, 0.15) is 5.75 Å². The number of methoxy groups -OCH3 is 1. The van der Waals surface area contributed by atoms with Gasteiger partial charge in [-0.3, -0.25) is 9.59 Å². The van der Waals surface area contributed by atoms with Crippen molar-refractivity contribution < 1.29 is 14.3 Å². The van der Waals surface area contributed by atoms with Crippen molar-refractivity contribution in [1.29, 1.82) is 0 Å². The summed E-state index contributed by atoms with van der Waals surface area (Å²) in [6, 6.07) is 11.5. The number of ether oxygens (including phenoxy) is 1. The first kappa shape index (κ1) is 17.1. The van der Waals surface area contributed by atoms with Gasteiger partial charge in [-0.25, -0.2) is 0 Å².